The van der Waals surface area contributed by atoms with E-state index in [-0.39, 0.29) is 0 Å². The van der Waals surface area contributed by atoms with Gasteiger partial charge in [-0.05, 0) is 59.7 Å². The number of fused-ring (bicyclic) bond motifs is 13. The van der Waals surface area contributed by atoms with E-state index < -0.39 is 0 Å². The molecular formula is C57H32N4OS2. The predicted molar refractivity (Wildman–Crippen MR) is 269 cm³/mol. The van der Waals surface area contributed by atoms with Crippen LogP contribution in [0.25, 0.3) is 135 Å². The molecule has 0 N–H and O–H groups in total. The summed E-state index contributed by atoms with van der Waals surface area (Å²) >= 11 is 3.70. The molecule has 0 aliphatic heterocycles. The van der Waals surface area contributed by atoms with Gasteiger partial charge >= 0.3 is 0 Å². The highest BCUT2D eigenvalue weighted by Gasteiger charge is 2.22. The van der Waals surface area contributed by atoms with E-state index in [9.17, 15) is 0 Å². The van der Waals surface area contributed by atoms with Crippen molar-refractivity contribution in [2.75, 3.05) is 0 Å². The first-order chi connectivity index (χ1) is 31.7. The predicted octanol–water partition coefficient (Wildman–Crippen LogP) is 16.3. The van der Waals surface area contributed by atoms with E-state index in [1.807, 2.05) is 59.1 Å². The molecule has 14 aromatic rings. The van der Waals surface area contributed by atoms with Crippen LogP contribution in [0.4, 0.5) is 0 Å². The average molecular weight is 853 g/mol. The van der Waals surface area contributed by atoms with Gasteiger partial charge in [0.1, 0.15) is 11.2 Å². The summed E-state index contributed by atoms with van der Waals surface area (Å²) in [5, 5.41) is 9.57. The van der Waals surface area contributed by atoms with Crippen molar-refractivity contribution in [2.45, 2.75) is 0 Å². The molecule has 0 aliphatic carbocycles. The van der Waals surface area contributed by atoms with Gasteiger partial charge in [-0.3, -0.25) is 0 Å². The maximum absolute atomic E-state index is 6.58. The number of para-hydroxylation sites is 3. The van der Waals surface area contributed by atoms with Crippen molar-refractivity contribution < 1.29 is 4.42 Å². The molecule has 5 aromatic heterocycles. The lowest BCUT2D eigenvalue weighted by Crippen LogP contribution is -2.02. The summed E-state index contributed by atoms with van der Waals surface area (Å²) in [5.74, 6) is 1.73. The third-order valence-electron chi connectivity index (χ3n) is 12.6. The minimum atomic E-state index is 0.552. The van der Waals surface area contributed by atoms with Crippen molar-refractivity contribution in [3.8, 4) is 51.0 Å². The fourth-order valence-corrected chi connectivity index (χ4v) is 12.2. The van der Waals surface area contributed by atoms with E-state index in [1.54, 1.807) is 0 Å². The molecule has 5 heterocycles. The summed E-state index contributed by atoms with van der Waals surface area (Å²) < 4.78 is 14.1. The summed E-state index contributed by atoms with van der Waals surface area (Å²) in [6, 6.07) is 69.0. The molecule has 9 aromatic carbocycles. The third kappa shape index (κ3) is 5.32. The smallest absolute Gasteiger partial charge is 0.167 e. The van der Waals surface area contributed by atoms with Gasteiger partial charge in [-0.15, -0.1) is 22.7 Å². The maximum atomic E-state index is 6.58. The number of rotatable bonds is 5. The molecular weight excluding hydrogens is 821 g/mol. The number of thiophene rings is 2. The van der Waals surface area contributed by atoms with Crippen molar-refractivity contribution >= 4 is 107 Å². The Morgan fingerprint density at radius 3 is 1.77 bits per heavy atom. The van der Waals surface area contributed by atoms with E-state index in [0.717, 1.165) is 55.4 Å². The summed E-state index contributed by atoms with van der Waals surface area (Å²) in [7, 11) is 0. The summed E-state index contributed by atoms with van der Waals surface area (Å²) in [6.07, 6.45) is 0. The van der Waals surface area contributed by atoms with Gasteiger partial charge in [-0.25, -0.2) is 15.0 Å². The van der Waals surface area contributed by atoms with Crippen LogP contribution in [0.15, 0.2) is 199 Å². The summed E-state index contributed by atoms with van der Waals surface area (Å²) in [6.45, 7) is 0. The molecule has 5 nitrogen and oxygen atoms in total. The quantitative estimate of drug-likeness (QED) is 0.173. The normalized spacial score (nSPS) is 12.1. The fraction of sp³-hybridized carbons (Fsp3) is 0. The molecule has 0 spiro atoms. The second-order valence-electron chi connectivity index (χ2n) is 16.3. The molecule has 0 saturated carbocycles. The molecule has 298 valence electrons. The zero-order valence-electron chi connectivity index (χ0n) is 34.0. The van der Waals surface area contributed by atoms with Crippen LogP contribution in [0, 0.1) is 0 Å². The molecule has 0 bridgehead atoms. The summed E-state index contributed by atoms with van der Waals surface area (Å²) in [4.78, 5) is 15.9. The van der Waals surface area contributed by atoms with Crippen molar-refractivity contribution in [1.82, 2.24) is 19.5 Å². The van der Waals surface area contributed by atoms with Crippen LogP contribution < -0.4 is 0 Å². The zero-order chi connectivity index (χ0) is 41.9. The number of aromatic nitrogens is 4. The van der Waals surface area contributed by atoms with Gasteiger partial charge in [0, 0.05) is 74.0 Å². The first-order valence-corrected chi connectivity index (χ1v) is 23.0. The Morgan fingerprint density at radius 1 is 0.375 bits per heavy atom. The first kappa shape index (κ1) is 35.6. The lowest BCUT2D eigenvalue weighted by atomic mass is 9.99. The SMILES string of the molecule is c1ccc(-c2nc(-c3cc(-c4cccc5c4sc4ccccc45)cc(-n4c5ccccc5c5ccc6c7ccccc7sc6c54)c3)nc(-c3cccc4c3oc3ccccc34)n2)cc1. The molecule has 0 unspecified atom stereocenters. The Kier molecular flexibility index (Phi) is 7.66. The molecule has 14 rings (SSSR count). The van der Waals surface area contributed by atoms with Crippen molar-refractivity contribution in [3.63, 3.8) is 0 Å². The van der Waals surface area contributed by atoms with Gasteiger partial charge in [0.2, 0.25) is 0 Å². The standard InChI is InChI=1S/C57H32N4OS2/c1-2-14-33(15-3-1)55-58-56(60-57(59-55)46-23-13-21-43-39-17-5-9-25-48(39)62-52(43)46)35-30-34(37-20-12-22-44-40-18-6-10-26-49(40)63-53(37)44)31-36(32-35)61-47-24-8-4-16-38(47)42-28-29-45-41-19-7-11-27-50(41)64-54(45)51(42)61/h1-32H. The molecule has 0 aliphatic rings. The minimum absolute atomic E-state index is 0.552. The average Bonchev–Trinajstić information content (AvgIpc) is 4.13. The number of furan rings is 1. The van der Waals surface area contributed by atoms with Gasteiger partial charge in [0.15, 0.2) is 17.5 Å². The number of hydrogen-bond acceptors (Lipinski definition) is 6. The van der Waals surface area contributed by atoms with Crippen molar-refractivity contribution in [2.24, 2.45) is 0 Å². The highest BCUT2D eigenvalue weighted by Crippen LogP contribution is 2.46. The molecule has 7 heteroatoms. The highest BCUT2D eigenvalue weighted by molar-refractivity contribution is 7.27. The van der Waals surface area contributed by atoms with Crippen LogP contribution in [0.2, 0.25) is 0 Å². The van der Waals surface area contributed by atoms with E-state index in [0.29, 0.717) is 17.5 Å². The van der Waals surface area contributed by atoms with Gasteiger partial charge in [0.25, 0.3) is 0 Å². The van der Waals surface area contributed by atoms with E-state index in [1.165, 1.54) is 62.2 Å². The lowest BCUT2D eigenvalue weighted by Gasteiger charge is -2.15. The highest BCUT2D eigenvalue weighted by atomic mass is 32.1. The van der Waals surface area contributed by atoms with Gasteiger partial charge in [-0.2, -0.15) is 0 Å². The van der Waals surface area contributed by atoms with Crippen LogP contribution in [-0.2, 0) is 0 Å². The van der Waals surface area contributed by atoms with Crippen LogP contribution in [0.1, 0.15) is 0 Å². The Balaban J connectivity index is 1.09. The summed E-state index contributed by atoms with van der Waals surface area (Å²) in [5.41, 5.74) is 9.81. The second-order valence-corrected chi connectivity index (χ2v) is 18.4. The van der Waals surface area contributed by atoms with E-state index >= 15 is 0 Å². The molecule has 0 radical (unpaired) electrons. The minimum Gasteiger partial charge on any atom is -0.455 e. The molecule has 0 fully saturated rings. The number of benzene rings is 9. The number of nitrogens with zero attached hydrogens (tertiary/aromatic N) is 4. The Hall–Kier alpha value is -7.97. The fourth-order valence-electron chi connectivity index (χ4n) is 9.76. The van der Waals surface area contributed by atoms with Crippen LogP contribution >= 0.6 is 22.7 Å². The Bertz CT molecular complexity index is 4210. The van der Waals surface area contributed by atoms with Gasteiger partial charge < -0.3 is 8.98 Å². The first-order valence-electron chi connectivity index (χ1n) is 21.3. The van der Waals surface area contributed by atoms with E-state index in [2.05, 4.69) is 162 Å². The molecule has 0 amide bonds. The van der Waals surface area contributed by atoms with Crippen LogP contribution in [0.5, 0.6) is 0 Å². The number of hydrogen-bond donors (Lipinski definition) is 0. The monoisotopic (exact) mass is 852 g/mol. The van der Waals surface area contributed by atoms with E-state index in [4.69, 9.17) is 19.4 Å². The van der Waals surface area contributed by atoms with Crippen LogP contribution in [-0.4, -0.2) is 19.5 Å². The Morgan fingerprint density at radius 2 is 0.953 bits per heavy atom. The van der Waals surface area contributed by atoms with Crippen molar-refractivity contribution in [3.05, 3.63) is 194 Å². The molecule has 64 heavy (non-hydrogen) atoms. The second kappa shape index (κ2) is 13.8. The van der Waals surface area contributed by atoms with Gasteiger partial charge in [-0.1, -0.05) is 146 Å². The Labute approximate surface area is 373 Å². The third-order valence-corrected chi connectivity index (χ3v) is 15.1. The zero-order valence-corrected chi connectivity index (χ0v) is 35.6. The molecule has 0 atom stereocenters. The van der Waals surface area contributed by atoms with Crippen LogP contribution in [0.3, 0.4) is 0 Å². The maximum Gasteiger partial charge on any atom is 0.167 e. The van der Waals surface area contributed by atoms with Gasteiger partial charge in [0.05, 0.1) is 21.3 Å². The molecule has 0 saturated heterocycles. The topological polar surface area (TPSA) is 56.7 Å². The largest absolute Gasteiger partial charge is 0.455 e. The van der Waals surface area contributed by atoms with Crippen molar-refractivity contribution in [1.29, 1.82) is 0 Å². The lowest BCUT2D eigenvalue weighted by molar-refractivity contribution is 0.669.